The number of nitriles is 1. The van der Waals surface area contributed by atoms with E-state index in [0.717, 1.165) is 74.8 Å². The normalized spacial score (nSPS) is 24.3. The molecule has 14 heteroatoms. The molecule has 48 heavy (non-hydrogen) atoms. The van der Waals surface area contributed by atoms with Crippen molar-refractivity contribution in [1.29, 1.82) is 5.26 Å². The highest BCUT2D eigenvalue weighted by Crippen LogP contribution is 2.55. The fourth-order valence-electron chi connectivity index (χ4n) is 8.20. The Morgan fingerprint density at radius 2 is 2.10 bits per heavy atom. The second kappa shape index (κ2) is 12.3. The van der Waals surface area contributed by atoms with E-state index < -0.39 is 5.41 Å². The number of nitrogen functional groups attached to an aromatic ring is 1. The zero-order chi connectivity index (χ0) is 33.0. The number of nitrogens with one attached hydrogen (secondary N) is 1. The monoisotopic (exact) mass is 669 g/mol. The zero-order valence-corrected chi connectivity index (χ0v) is 28.0. The van der Waals surface area contributed by atoms with E-state index in [1.54, 1.807) is 23.0 Å². The summed E-state index contributed by atoms with van der Waals surface area (Å²) in [5.41, 5.74) is 9.02. The van der Waals surface area contributed by atoms with Gasteiger partial charge in [-0.2, -0.15) is 10.2 Å². The van der Waals surface area contributed by atoms with Crippen molar-refractivity contribution in [2.45, 2.75) is 82.3 Å². The first kappa shape index (κ1) is 31.0. The van der Waals surface area contributed by atoms with Crippen molar-refractivity contribution < 1.29 is 18.8 Å². The second-order valence-electron chi connectivity index (χ2n) is 13.5. The number of nitrogens with two attached hydrogens (primary N) is 1. The van der Waals surface area contributed by atoms with Crippen molar-refractivity contribution >= 4 is 28.1 Å². The lowest BCUT2D eigenvalue weighted by Crippen LogP contribution is -2.38. The van der Waals surface area contributed by atoms with E-state index in [4.69, 9.17) is 29.7 Å². The molecule has 4 atom stereocenters. The second-order valence-corrected chi connectivity index (χ2v) is 14.6. The molecule has 2 fully saturated rings. The van der Waals surface area contributed by atoms with Gasteiger partial charge >= 0.3 is 0 Å². The minimum absolute atomic E-state index is 0.111. The minimum atomic E-state index is -0.455. The maximum absolute atomic E-state index is 12.7. The molecule has 0 aromatic carbocycles. The summed E-state index contributed by atoms with van der Waals surface area (Å²) in [7, 11) is 2.12. The zero-order valence-electron chi connectivity index (χ0n) is 27.2. The topological polar surface area (TPSA) is 170 Å². The summed E-state index contributed by atoms with van der Waals surface area (Å²) in [6, 6.07) is 6.17. The first-order valence-electron chi connectivity index (χ1n) is 16.9. The Morgan fingerprint density at radius 3 is 2.88 bits per heavy atom. The number of carbonyl (C=O) groups excluding carboxylic acids is 1. The largest absolute Gasteiger partial charge is 0.473 e. The van der Waals surface area contributed by atoms with Crippen molar-refractivity contribution in [1.82, 2.24) is 29.8 Å². The van der Waals surface area contributed by atoms with Crippen LogP contribution in [0.15, 0.2) is 22.9 Å². The Labute approximate surface area is 282 Å². The van der Waals surface area contributed by atoms with Crippen LogP contribution in [0.1, 0.15) is 79.2 Å². The molecule has 250 valence electrons. The highest BCUT2D eigenvalue weighted by atomic mass is 32.1. The van der Waals surface area contributed by atoms with E-state index >= 15 is 0 Å². The van der Waals surface area contributed by atoms with Crippen LogP contribution in [-0.4, -0.2) is 74.7 Å². The molecule has 0 bridgehead atoms. The van der Waals surface area contributed by atoms with Crippen LogP contribution in [0.5, 0.6) is 5.88 Å². The van der Waals surface area contributed by atoms with Crippen LogP contribution >= 0.6 is 11.3 Å². The first-order chi connectivity index (χ1) is 23.3. The summed E-state index contributed by atoms with van der Waals surface area (Å²) >= 11 is 1.52. The number of hydrogen-bond acceptors (Lipinski definition) is 12. The van der Waals surface area contributed by atoms with E-state index in [0.29, 0.717) is 59.2 Å². The number of thiophene rings is 1. The SMILES string of the molecule is C[C@H](Oc1cc(-n2ccc(NC(=O)[C@H]3CCOC3)n2)nc(-c2noc3c2CCCC32CCCc3sc(N)c(C#N)c32)n1)[C@@H]1CCCN1C. The predicted octanol–water partition coefficient (Wildman–Crippen LogP) is 4.63. The molecule has 2 aliphatic heterocycles. The standard InChI is InChI=1S/C34H39N9O4S/c1-19(23-7-5-13-42(23)2)46-27-16-26(43-14-9-25(40-43)37-33(44)20-10-15-45-18-20)38-32(39-27)29-21-6-3-11-34(30(21)47-41-29)12-4-8-24-28(34)22(17-35)31(36)48-24/h9,14,16,19-20,23H,3-8,10-13,15,18,36H2,1-2H3,(H,37,40,44)/t19-,20-,23-,34?/m0/s1. The highest BCUT2D eigenvalue weighted by Gasteiger charge is 2.49. The van der Waals surface area contributed by atoms with Gasteiger partial charge in [0.25, 0.3) is 0 Å². The Morgan fingerprint density at radius 1 is 1.25 bits per heavy atom. The number of likely N-dealkylation sites (N-methyl/N-ethyl adjacent to an activating group) is 1. The minimum Gasteiger partial charge on any atom is -0.473 e. The number of aryl methyl sites for hydroxylation is 1. The van der Waals surface area contributed by atoms with Gasteiger partial charge in [0.05, 0.1) is 23.5 Å². The lowest BCUT2D eigenvalue weighted by molar-refractivity contribution is -0.119. The number of fused-ring (bicyclic) bond motifs is 4. The molecule has 2 aliphatic carbocycles. The summed E-state index contributed by atoms with van der Waals surface area (Å²) in [5.74, 6) is 2.18. The molecule has 1 unspecified atom stereocenters. The number of aromatic nitrogens is 5. The third-order valence-corrected chi connectivity index (χ3v) is 11.6. The lowest BCUT2D eigenvalue weighted by atomic mass is 9.63. The van der Waals surface area contributed by atoms with Crippen LogP contribution in [0.4, 0.5) is 10.8 Å². The molecule has 1 amide bonds. The Hall–Kier alpha value is -4.32. The maximum atomic E-state index is 12.7. The number of amides is 1. The smallest absolute Gasteiger partial charge is 0.231 e. The number of carbonyl (C=O) groups is 1. The number of likely N-dealkylation sites (tertiary alicyclic amines) is 1. The number of anilines is 2. The summed E-state index contributed by atoms with van der Waals surface area (Å²) in [6.45, 7) is 4.11. The fourth-order valence-corrected chi connectivity index (χ4v) is 9.36. The molecule has 4 aromatic heterocycles. The molecule has 0 saturated carbocycles. The van der Waals surface area contributed by atoms with Gasteiger partial charge in [-0.1, -0.05) is 5.16 Å². The number of nitrogens with zero attached hydrogens (tertiary/aromatic N) is 7. The van der Waals surface area contributed by atoms with Crippen molar-refractivity contribution in [3.05, 3.63) is 45.7 Å². The molecule has 13 nitrogen and oxygen atoms in total. The van der Waals surface area contributed by atoms with Gasteiger partial charge in [0, 0.05) is 41.4 Å². The van der Waals surface area contributed by atoms with Gasteiger partial charge in [-0.3, -0.25) is 9.69 Å². The van der Waals surface area contributed by atoms with Crippen LogP contribution in [0.25, 0.3) is 17.3 Å². The van der Waals surface area contributed by atoms with Crippen molar-refractivity contribution in [3.63, 3.8) is 0 Å². The quantitative estimate of drug-likeness (QED) is 0.281. The fraction of sp³-hybridized carbons (Fsp3) is 0.529. The number of hydrogen-bond donors (Lipinski definition) is 2. The van der Waals surface area contributed by atoms with Gasteiger partial charge in [-0.15, -0.1) is 16.4 Å². The predicted molar refractivity (Wildman–Crippen MR) is 178 cm³/mol. The molecule has 4 aromatic rings. The summed E-state index contributed by atoms with van der Waals surface area (Å²) in [5, 5.41) is 22.8. The molecule has 3 N–H and O–H groups in total. The van der Waals surface area contributed by atoms with Gasteiger partial charge in [0.1, 0.15) is 17.2 Å². The average molecular weight is 670 g/mol. The Balaban J connectivity index is 1.18. The van der Waals surface area contributed by atoms with Gasteiger partial charge in [-0.25, -0.2) is 9.67 Å². The highest BCUT2D eigenvalue weighted by molar-refractivity contribution is 7.16. The number of ether oxygens (including phenoxy) is 2. The maximum Gasteiger partial charge on any atom is 0.231 e. The van der Waals surface area contributed by atoms with Crippen molar-refractivity contribution in [2.24, 2.45) is 5.92 Å². The van der Waals surface area contributed by atoms with Crippen LogP contribution in [-0.2, 0) is 27.8 Å². The van der Waals surface area contributed by atoms with E-state index in [1.165, 1.54) is 16.2 Å². The van der Waals surface area contributed by atoms with E-state index in [1.807, 2.05) is 0 Å². The Bertz CT molecular complexity index is 1900. The molecule has 4 aliphatic rings. The molecular formula is C34H39N9O4S. The molecule has 0 radical (unpaired) electrons. The van der Waals surface area contributed by atoms with Gasteiger partial charge < -0.3 is 25.0 Å². The van der Waals surface area contributed by atoms with Gasteiger partial charge in [0.2, 0.25) is 11.8 Å². The van der Waals surface area contributed by atoms with Crippen molar-refractivity contribution in [3.8, 4) is 29.3 Å². The first-order valence-corrected chi connectivity index (χ1v) is 17.7. The van der Waals surface area contributed by atoms with E-state index in [9.17, 15) is 10.1 Å². The molecule has 8 rings (SSSR count). The van der Waals surface area contributed by atoms with E-state index in [2.05, 4.69) is 40.5 Å². The summed E-state index contributed by atoms with van der Waals surface area (Å²) < 4.78 is 19.8. The Kier molecular flexibility index (Phi) is 7.93. The van der Waals surface area contributed by atoms with Gasteiger partial charge in [-0.05, 0) is 83.9 Å². The summed E-state index contributed by atoms with van der Waals surface area (Å²) in [4.78, 5) is 26.1. The third kappa shape index (κ3) is 5.24. The van der Waals surface area contributed by atoms with E-state index in [-0.39, 0.29) is 24.0 Å². The molecule has 6 heterocycles. The van der Waals surface area contributed by atoms with Crippen LogP contribution in [0.3, 0.4) is 0 Å². The average Bonchev–Trinajstić information content (AvgIpc) is 3.91. The number of rotatable bonds is 7. The lowest BCUT2D eigenvalue weighted by Gasteiger charge is -2.39. The van der Waals surface area contributed by atoms with Gasteiger partial charge in [0.15, 0.2) is 28.9 Å². The molecule has 1 spiro atoms. The third-order valence-electron chi connectivity index (χ3n) is 10.6. The van der Waals surface area contributed by atoms with Crippen LogP contribution < -0.4 is 15.8 Å². The molecular weight excluding hydrogens is 630 g/mol. The van der Waals surface area contributed by atoms with Crippen LogP contribution in [0, 0.1) is 17.2 Å². The van der Waals surface area contributed by atoms with Crippen LogP contribution in [0.2, 0.25) is 0 Å². The van der Waals surface area contributed by atoms with Crippen molar-refractivity contribution in [2.75, 3.05) is 37.9 Å². The molecule has 2 saturated heterocycles. The summed E-state index contributed by atoms with van der Waals surface area (Å²) in [6.07, 6.45) is 9.79.